The van der Waals surface area contributed by atoms with Crippen molar-refractivity contribution in [3.63, 3.8) is 0 Å². The van der Waals surface area contributed by atoms with Gasteiger partial charge >= 0.3 is 5.97 Å². The van der Waals surface area contributed by atoms with Crippen LogP contribution in [0.5, 0.6) is 0 Å². The number of nitrogens with one attached hydrogen (secondary N) is 1. The summed E-state index contributed by atoms with van der Waals surface area (Å²) in [5, 5.41) is 12.0. The minimum atomic E-state index is -1.05. The summed E-state index contributed by atoms with van der Waals surface area (Å²) in [5.74, 6) is -1.11. The van der Waals surface area contributed by atoms with Crippen molar-refractivity contribution < 1.29 is 24.2 Å². The molecule has 6 heteroatoms. The zero-order valence-electron chi connectivity index (χ0n) is 11.4. The highest BCUT2D eigenvalue weighted by Crippen LogP contribution is 2.38. The molecule has 0 aromatic carbocycles. The van der Waals surface area contributed by atoms with E-state index in [0.29, 0.717) is 0 Å². The first kappa shape index (κ1) is 14.3. The predicted octanol–water partition coefficient (Wildman–Crippen LogP) is 0.551. The molecule has 2 unspecified atom stereocenters. The Hall–Kier alpha value is -1.14. The Kier molecular flexibility index (Phi) is 3.82. The molecule has 0 spiro atoms. The number of hydrogen-bond acceptors (Lipinski definition) is 4. The number of hydrogen-bond donors (Lipinski definition) is 2. The summed E-state index contributed by atoms with van der Waals surface area (Å²) in [6.07, 6.45) is 3.12. The highest BCUT2D eigenvalue weighted by atomic mass is 16.5. The first-order valence-corrected chi connectivity index (χ1v) is 6.57. The lowest BCUT2D eigenvalue weighted by Gasteiger charge is -2.40. The number of methoxy groups -OCH3 is 1. The minimum Gasteiger partial charge on any atom is -0.481 e. The maximum absolute atomic E-state index is 12.0. The van der Waals surface area contributed by atoms with Gasteiger partial charge in [0.25, 0.3) is 0 Å². The molecular formula is C13H21NO5. The van der Waals surface area contributed by atoms with Gasteiger partial charge in [-0.2, -0.15) is 0 Å². The molecule has 2 aliphatic rings. The molecule has 2 atom stereocenters. The van der Waals surface area contributed by atoms with Gasteiger partial charge in [-0.15, -0.1) is 0 Å². The van der Waals surface area contributed by atoms with Crippen molar-refractivity contribution in [2.24, 2.45) is 5.41 Å². The largest absolute Gasteiger partial charge is 0.481 e. The van der Waals surface area contributed by atoms with Crippen molar-refractivity contribution in [2.75, 3.05) is 20.3 Å². The number of ether oxygens (including phenoxy) is 2. The molecule has 2 N–H and O–H groups in total. The molecule has 0 bridgehead atoms. The van der Waals surface area contributed by atoms with E-state index < -0.39 is 17.4 Å². The Labute approximate surface area is 112 Å². The smallest absolute Gasteiger partial charge is 0.313 e. The third kappa shape index (κ3) is 2.60. The van der Waals surface area contributed by atoms with E-state index in [1.54, 1.807) is 14.0 Å². The lowest BCUT2D eigenvalue weighted by molar-refractivity contribution is -0.149. The molecule has 0 radical (unpaired) electrons. The first-order valence-electron chi connectivity index (χ1n) is 6.57. The average Bonchev–Trinajstić information content (AvgIpc) is 2.67. The van der Waals surface area contributed by atoms with E-state index in [2.05, 4.69) is 5.32 Å². The van der Waals surface area contributed by atoms with Crippen LogP contribution in [-0.2, 0) is 19.1 Å². The Bertz CT molecular complexity index is 374. The summed E-state index contributed by atoms with van der Waals surface area (Å²) in [6.45, 7) is 1.97. The lowest BCUT2D eigenvalue weighted by Crippen LogP contribution is -2.52. The molecule has 1 amide bonds. The molecule has 1 aliphatic heterocycles. The predicted molar refractivity (Wildman–Crippen MR) is 66.7 cm³/mol. The molecule has 1 aliphatic carbocycles. The van der Waals surface area contributed by atoms with E-state index in [0.717, 1.165) is 19.3 Å². The van der Waals surface area contributed by atoms with Crippen LogP contribution in [0, 0.1) is 5.41 Å². The topological polar surface area (TPSA) is 84.9 Å². The number of carbonyl (C=O) groups is 2. The molecular weight excluding hydrogens is 250 g/mol. The van der Waals surface area contributed by atoms with Crippen LogP contribution in [0.15, 0.2) is 0 Å². The van der Waals surface area contributed by atoms with Crippen LogP contribution < -0.4 is 5.32 Å². The van der Waals surface area contributed by atoms with Crippen molar-refractivity contribution in [3.8, 4) is 0 Å². The van der Waals surface area contributed by atoms with Gasteiger partial charge in [0.1, 0.15) is 5.41 Å². The number of carboxylic acids is 1. The quantitative estimate of drug-likeness (QED) is 0.763. The van der Waals surface area contributed by atoms with Crippen LogP contribution in [0.3, 0.4) is 0 Å². The fraction of sp³-hybridized carbons (Fsp3) is 0.846. The molecule has 2 rings (SSSR count). The Morgan fingerprint density at radius 1 is 1.47 bits per heavy atom. The average molecular weight is 271 g/mol. The summed E-state index contributed by atoms with van der Waals surface area (Å²) >= 11 is 0. The van der Waals surface area contributed by atoms with E-state index in [9.17, 15) is 14.7 Å². The highest BCUT2D eigenvalue weighted by molar-refractivity contribution is 5.81. The second-order valence-electron chi connectivity index (χ2n) is 5.78. The fourth-order valence-electron chi connectivity index (χ4n) is 2.65. The van der Waals surface area contributed by atoms with E-state index in [1.807, 2.05) is 0 Å². The minimum absolute atomic E-state index is 0.128. The molecule has 0 aromatic rings. The second kappa shape index (κ2) is 5.09. The summed E-state index contributed by atoms with van der Waals surface area (Å²) in [7, 11) is 1.62. The first-order chi connectivity index (χ1) is 8.92. The molecule has 2 fully saturated rings. The van der Waals surface area contributed by atoms with E-state index >= 15 is 0 Å². The lowest BCUT2D eigenvalue weighted by atomic mass is 9.77. The molecule has 6 nitrogen and oxygen atoms in total. The monoisotopic (exact) mass is 271 g/mol. The highest BCUT2D eigenvalue weighted by Gasteiger charge is 2.48. The second-order valence-corrected chi connectivity index (χ2v) is 5.78. The van der Waals surface area contributed by atoms with E-state index in [-0.39, 0.29) is 31.1 Å². The molecule has 1 saturated carbocycles. The normalized spacial score (nSPS) is 32.6. The molecule has 1 heterocycles. The van der Waals surface area contributed by atoms with Crippen molar-refractivity contribution in [2.45, 2.75) is 44.2 Å². The standard InChI is InChI=1S/C13H21NO5/c1-12(11(16)17)8-19-7-9(12)14-10(15)6-13(18-2)4-3-5-13/h9H,3-8H2,1-2H3,(H,14,15)(H,16,17). The Balaban J connectivity index is 1.93. The van der Waals surface area contributed by atoms with Crippen molar-refractivity contribution in [1.29, 1.82) is 0 Å². The van der Waals surface area contributed by atoms with Crippen LogP contribution >= 0.6 is 0 Å². The van der Waals surface area contributed by atoms with Gasteiger partial charge in [0.15, 0.2) is 0 Å². The molecule has 1 saturated heterocycles. The summed E-state index contributed by atoms with van der Waals surface area (Å²) in [6, 6.07) is -0.480. The number of amides is 1. The van der Waals surface area contributed by atoms with Crippen molar-refractivity contribution in [3.05, 3.63) is 0 Å². The van der Waals surface area contributed by atoms with Crippen molar-refractivity contribution in [1.82, 2.24) is 5.32 Å². The molecule has 108 valence electrons. The SMILES string of the molecule is COC1(CC(=O)NC2COCC2(C)C(=O)O)CCC1. The molecule has 19 heavy (non-hydrogen) atoms. The zero-order chi connectivity index (χ0) is 14.1. The maximum Gasteiger partial charge on any atom is 0.313 e. The molecule has 0 aromatic heterocycles. The summed E-state index contributed by atoms with van der Waals surface area (Å²) < 4.78 is 10.6. The van der Waals surface area contributed by atoms with Gasteiger partial charge in [0.05, 0.1) is 31.3 Å². The van der Waals surface area contributed by atoms with E-state index in [1.165, 1.54) is 0 Å². The third-order valence-electron chi connectivity index (χ3n) is 4.46. The fourth-order valence-corrected chi connectivity index (χ4v) is 2.65. The van der Waals surface area contributed by atoms with Crippen LogP contribution in [0.2, 0.25) is 0 Å². The van der Waals surface area contributed by atoms with Crippen LogP contribution in [-0.4, -0.2) is 48.9 Å². The van der Waals surface area contributed by atoms with Crippen LogP contribution in [0.25, 0.3) is 0 Å². The zero-order valence-corrected chi connectivity index (χ0v) is 11.4. The van der Waals surface area contributed by atoms with Crippen LogP contribution in [0.1, 0.15) is 32.6 Å². The Morgan fingerprint density at radius 3 is 2.63 bits per heavy atom. The number of rotatable bonds is 5. The Morgan fingerprint density at radius 2 is 2.16 bits per heavy atom. The number of carbonyl (C=O) groups excluding carboxylic acids is 1. The van der Waals surface area contributed by atoms with Gasteiger partial charge < -0.3 is 19.9 Å². The van der Waals surface area contributed by atoms with Gasteiger partial charge in [-0.1, -0.05) is 0 Å². The van der Waals surface area contributed by atoms with Crippen LogP contribution in [0.4, 0.5) is 0 Å². The maximum atomic E-state index is 12.0. The summed E-state index contributed by atoms with van der Waals surface area (Å²) in [5.41, 5.74) is -1.39. The van der Waals surface area contributed by atoms with Gasteiger partial charge in [0, 0.05) is 7.11 Å². The van der Waals surface area contributed by atoms with Crippen molar-refractivity contribution >= 4 is 11.9 Å². The number of aliphatic carboxylic acids is 1. The van der Waals surface area contributed by atoms with Gasteiger partial charge in [-0.05, 0) is 26.2 Å². The summed E-state index contributed by atoms with van der Waals surface area (Å²) in [4.78, 5) is 23.3. The number of carboxylic acid groups (broad SMARTS) is 1. The third-order valence-corrected chi connectivity index (χ3v) is 4.46. The van der Waals surface area contributed by atoms with Gasteiger partial charge in [-0.25, -0.2) is 0 Å². The van der Waals surface area contributed by atoms with Gasteiger partial charge in [-0.3, -0.25) is 9.59 Å². The van der Waals surface area contributed by atoms with Gasteiger partial charge in [0.2, 0.25) is 5.91 Å². The van der Waals surface area contributed by atoms with E-state index in [4.69, 9.17) is 9.47 Å².